The highest BCUT2D eigenvalue weighted by Gasteiger charge is 2.26. The molecule has 88 valence electrons. The van der Waals surface area contributed by atoms with Crippen LogP contribution in [0.25, 0.3) is 0 Å². The van der Waals surface area contributed by atoms with Crippen molar-refractivity contribution in [2.45, 2.75) is 26.3 Å². The highest BCUT2D eigenvalue weighted by Crippen LogP contribution is 2.23. The number of aromatic nitrogens is 1. The highest BCUT2D eigenvalue weighted by molar-refractivity contribution is 5.98. The SMILES string of the molecule is CC(=O)c1cccnc1N(C)C(C)(C)CO. The minimum atomic E-state index is -0.446. The van der Waals surface area contributed by atoms with Gasteiger partial charge in [-0.15, -0.1) is 0 Å². The van der Waals surface area contributed by atoms with Crippen molar-refractivity contribution in [3.8, 4) is 0 Å². The van der Waals surface area contributed by atoms with Crippen molar-refractivity contribution in [2.75, 3.05) is 18.6 Å². The Balaban J connectivity index is 3.18. The van der Waals surface area contributed by atoms with Gasteiger partial charge in [-0.2, -0.15) is 0 Å². The smallest absolute Gasteiger partial charge is 0.163 e. The third kappa shape index (κ3) is 2.39. The Morgan fingerprint density at radius 3 is 2.69 bits per heavy atom. The van der Waals surface area contributed by atoms with Crippen LogP contribution >= 0.6 is 0 Å². The molecule has 4 nitrogen and oxygen atoms in total. The first-order chi connectivity index (χ1) is 7.40. The van der Waals surface area contributed by atoms with Crippen LogP contribution in [0.4, 0.5) is 5.82 Å². The molecule has 0 spiro atoms. The third-order valence-electron chi connectivity index (χ3n) is 2.78. The molecule has 1 heterocycles. The van der Waals surface area contributed by atoms with E-state index in [1.165, 1.54) is 6.92 Å². The summed E-state index contributed by atoms with van der Waals surface area (Å²) in [5.74, 6) is 0.581. The van der Waals surface area contributed by atoms with Crippen LogP contribution in [-0.4, -0.2) is 35.1 Å². The average molecular weight is 222 g/mol. The van der Waals surface area contributed by atoms with Crippen molar-refractivity contribution in [3.63, 3.8) is 0 Å². The summed E-state index contributed by atoms with van der Waals surface area (Å²) in [4.78, 5) is 17.5. The van der Waals surface area contributed by atoms with Gasteiger partial charge < -0.3 is 10.0 Å². The van der Waals surface area contributed by atoms with Crippen molar-refractivity contribution >= 4 is 11.6 Å². The van der Waals surface area contributed by atoms with Gasteiger partial charge in [-0.05, 0) is 32.9 Å². The van der Waals surface area contributed by atoms with Crippen molar-refractivity contribution in [3.05, 3.63) is 23.9 Å². The molecule has 16 heavy (non-hydrogen) atoms. The van der Waals surface area contributed by atoms with Gasteiger partial charge >= 0.3 is 0 Å². The monoisotopic (exact) mass is 222 g/mol. The van der Waals surface area contributed by atoms with Crippen LogP contribution in [0.3, 0.4) is 0 Å². The lowest BCUT2D eigenvalue weighted by Crippen LogP contribution is -2.45. The van der Waals surface area contributed by atoms with Crippen LogP contribution in [0.1, 0.15) is 31.1 Å². The van der Waals surface area contributed by atoms with E-state index in [1.807, 2.05) is 25.8 Å². The lowest BCUT2D eigenvalue weighted by molar-refractivity contribution is 0.101. The first-order valence-corrected chi connectivity index (χ1v) is 5.21. The number of hydrogen-bond acceptors (Lipinski definition) is 4. The van der Waals surface area contributed by atoms with Crippen molar-refractivity contribution in [2.24, 2.45) is 0 Å². The third-order valence-corrected chi connectivity index (χ3v) is 2.78. The van der Waals surface area contributed by atoms with Crippen LogP contribution in [0.2, 0.25) is 0 Å². The number of carbonyl (C=O) groups excluding carboxylic acids is 1. The lowest BCUT2D eigenvalue weighted by Gasteiger charge is -2.35. The Hall–Kier alpha value is -1.42. The van der Waals surface area contributed by atoms with Crippen molar-refractivity contribution in [1.82, 2.24) is 4.98 Å². The summed E-state index contributed by atoms with van der Waals surface area (Å²) in [6.45, 7) is 5.30. The minimum Gasteiger partial charge on any atom is -0.394 e. The molecule has 0 bridgehead atoms. The topological polar surface area (TPSA) is 53.4 Å². The Bertz CT molecular complexity index is 388. The number of rotatable bonds is 4. The largest absolute Gasteiger partial charge is 0.394 e. The molecule has 0 aromatic carbocycles. The van der Waals surface area contributed by atoms with Crippen molar-refractivity contribution < 1.29 is 9.90 Å². The molecule has 0 atom stereocenters. The van der Waals surface area contributed by atoms with Crippen LogP contribution in [0.15, 0.2) is 18.3 Å². The molecule has 1 rings (SSSR count). The number of anilines is 1. The molecule has 1 aromatic rings. The van der Waals surface area contributed by atoms with Gasteiger partial charge in [0, 0.05) is 13.2 Å². The van der Waals surface area contributed by atoms with E-state index in [1.54, 1.807) is 18.3 Å². The standard InChI is InChI=1S/C12H18N2O2/c1-9(16)10-6-5-7-13-11(10)14(4)12(2,3)8-15/h5-7,15H,8H2,1-4H3. The molecule has 0 aliphatic carbocycles. The highest BCUT2D eigenvalue weighted by atomic mass is 16.3. The number of Topliss-reactive ketones (excluding diaryl/α,β-unsaturated/α-hetero) is 1. The molecule has 1 aromatic heterocycles. The molecule has 0 saturated carbocycles. The summed E-state index contributed by atoms with van der Waals surface area (Å²) >= 11 is 0. The van der Waals surface area contributed by atoms with Crippen LogP contribution in [0, 0.1) is 0 Å². The van der Waals surface area contributed by atoms with Gasteiger partial charge in [0.15, 0.2) is 5.78 Å². The number of aliphatic hydroxyl groups is 1. The van der Waals surface area contributed by atoms with E-state index in [0.717, 1.165) is 0 Å². The summed E-state index contributed by atoms with van der Waals surface area (Å²) in [5, 5.41) is 9.30. The zero-order chi connectivity index (χ0) is 12.3. The fourth-order valence-corrected chi connectivity index (χ4v) is 1.33. The molecule has 0 radical (unpaired) electrons. The molecule has 0 saturated heterocycles. The van der Waals surface area contributed by atoms with E-state index in [0.29, 0.717) is 11.4 Å². The maximum atomic E-state index is 11.5. The molecule has 0 aliphatic heterocycles. The number of hydrogen-bond donors (Lipinski definition) is 1. The minimum absolute atomic E-state index is 0.00256. The molecular formula is C12H18N2O2. The van der Waals surface area contributed by atoms with Crippen LogP contribution in [0.5, 0.6) is 0 Å². The molecule has 4 heteroatoms. The quantitative estimate of drug-likeness (QED) is 0.784. The van der Waals surface area contributed by atoms with E-state index in [2.05, 4.69) is 4.98 Å². The van der Waals surface area contributed by atoms with E-state index in [-0.39, 0.29) is 12.4 Å². The molecule has 0 aliphatic rings. The zero-order valence-corrected chi connectivity index (χ0v) is 10.2. The second-order valence-corrected chi connectivity index (χ2v) is 4.46. The summed E-state index contributed by atoms with van der Waals surface area (Å²) in [7, 11) is 1.82. The zero-order valence-electron chi connectivity index (χ0n) is 10.2. The Morgan fingerprint density at radius 2 is 2.19 bits per heavy atom. The summed E-state index contributed by atoms with van der Waals surface area (Å²) < 4.78 is 0. The van der Waals surface area contributed by atoms with Gasteiger partial charge in [-0.1, -0.05) is 0 Å². The molecule has 0 fully saturated rings. The van der Waals surface area contributed by atoms with E-state index in [4.69, 9.17) is 0 Å². The maximum Gasteiger partial charge on any atom is 0.163 e. The summed E-state index contributed by atoms with van der Waals surface area (Å²) in [6, 6.07) is 3.48. The van der Waals surface area contributed by atoms with Gasteiger partial charge in [-0.3, -0.25) is 4.79 Å². The Labute approximate surface area is 95.9 Å². The molecule has 1 N–H and O–H groups in total. The van der Waals surface area contributed by atoms with E-state index >= 15 is 0 Å². The fourth-order valence-electron chi connectivity index (χ4n) is 1.33. The molecular weight excluding hydrogens is 204 g/mol. The lowest BCUT2D eigenvalue weighted by atomic mass is 10.0. The average Bonchev–Trinajstić information content (AvgIpc) is 2.28. The van der Waals surface area contributed by atoms with E-state index < -0.39 is 5.54 Å². The Kier molecular flexibility index (Phi) is 3.65. The van der Waals surface area contributed by atoms with Gasteiger partial charge in [0.25, 0.3) is 0 Å². The van der Waals surface area contributed by atoms with Gasteiger partial charge in [0.2, 0.25) is 0 Å². The second-order valence-electron chi connectivity index (χ2n) is 4.46. The number of likely N-dealkylation sites (N-methyl/N-ethyl adjacent to an activating group) is 1. The predicted octanol–water partition coefficient (Wildman–Crippen LogP) is 1.49. The number of aliphatic hydroxyl groups excluding tert-OH is 1. The number of pyridine rings is 1. The summed E-state index contributed by atoms with van der Waals surface area (Å²) in [5.41, 5.74) is 0.130. The first kappa shape index (κ1) is 12.6. The van der Waals surface area contributed by atoms with Crippen LogP contribution in [-0.2, 0) is 0 Å². The molecule has 0 amide bonds. The first-order valence-electron chi connectivity index (χ1n) is 5.21. The predicted molar refractivity (Wildman–Crippen MR) is 63.8 cm³/mol. The van der Waals surface area contributed by atoms with Gasteiger partial charge in [0.1, 0.15) is 5.82 Å². The second kappa shape index (κ2) is 4.61. The van der Waals surface area contributed by atoms with Crippen LogP contribution < -0.4 is 4.90 Å². The normalized spacial score (nSPS) is 11.3. The number of ketones is 1. The van der Waals surface area contributed by atoms with Gasteiger partial charge in [0.05, 0.1) is 17.7 Å². The van der Waals surface area contributed by atoms with Gasteiger partial charge in [-0.25, -0.2) is 4.98 Å². The number of nitrogens with zero attached hydrogens (tertiary/aromatic N) is 2. The maximum absolute atomic E-state index is 11.5. The fraction of sp³-hybridized carbons (Fsp3) is 0.500. The summed E-state index contributed by atoms with van der Waals surface area (Å²) in [6.07, 6.45) is 1.64. The molecule has 0 unspecified atom stereocenters. The Morgan fingerprint density at radius 1 is 1.56 bits per heavy atom. The van der Waals surface area contributed by atoms with Crippen molar-refractivity contribution in [1.29, 1.82) is 0 Å². The van der Waals surface area contributed by atoms with E-state index in [9.17, 15) is 9.90 Å². The number of carbonyl (C=O) groups is 1.